The molecule has 1 unspecified atom stereocenters. The number of aliphatic hydroxyl groups excluding tert-OH is 1. The number of ether oxygens (including phenoxy) is 2. The van der Waals surface area contributed by atoms with Gasteiger partial charge in [-0.1, -0.05) is 13.8 Å². The van der Waals surface area contributed by atoms with E-state index in [1.54, 1.807) is 7.11 Å². The van der Waals surface area contributed by atoms with E-state index in [1.807, 2.05) is 0 Å². The lowest BCUT2D eigenvalue weighted by Gasteiger charge is -2.42. The molecule has 1 fully saturated rings. The molecule has 114 valence electrons. The SMILES string of the molecule is CCC(CC)N(CCOC)CC1(CO)CCCOC1. The standard InChI is InChI=1S/C15H31NO3/c1-4-14(5-2)16(8-10-18-3)11-15(12-17)7-6-9-19-13-15/h14,17H,4-13H2,1-3H3. The van der Waals surface area contributed by atoms with E-state index in [9.17, 15) is 5.11 Å². The summed E-state index contributed by atoms with van der Waals surface area (Å²) in [4.78, 5) is 2.48. The Hall–Kier alpha value is -0.160. The maximum atomic E-state index is 9.81. The minimum atomic E-state index is -0.0748. The topological polar surface area (TPSA) is 41.9 Å². The molecule has 0 spiro atoms. The van der Waals surface area contributed by atoms with Gasteiger partial charge in [0.05, 0.1) is 19.8 Å². The van der Waals surface area contributed by atoms with Crippen LogP contribution in [0, 0.1) is 5.41 Å². The van der Waals surface area contributed by atoms with Crippen LogP contribution < -0.4 is 0 Å². The fourth-order valence-electron chi connectivity index (χ4n) is 3.04. The molecule has 1 rings (SSSR count). The van der Waals surface area contributed by atoms with Crippen molar-refractivity contribution in [1.29, 1.82) is 0 Å². The predicted octanol–water partition coefficient (Wildman–Crippen LogP) is 1.91. The number of rotatable bonds is 9. The van der Waals surface area contributed by atoms with Gasteiger partial charge in [-0.3, -0.25) is 4.90 Å². The molecule has 1 N–H and O–H groups in total. The van der Waals surface area contributed by atoms with Gasteiger partial charge in [-0.05, 0) is 25.7 Å². The normalized spacial score (nSPS) is 24.3. The maximum absolute atomic E-state index is 9.81. The summed E-state index contributed by atoms with van der Waals surface area (Å²) in [6, 6.07) is 0.570. The summed E-state index contributed by atoms with van der Waals surface area (Å²) in [6.45, 7) is 8.81. The molecular formula is C15H31NO3. The van der Waals surface area contributed by atoms with E-state index in [0.29, 0.717) is 12.6 Å². The van der Waals surface area contributed by atoms with Crippen molar-refractivity contribution in [3.05, 3.63) is 0 Å². The Bertz CT molecular complexity index is 225. The van der Waals surface area contributed by atoms with Gasteiger partial charge in [0.1, 0.15) is 0 Å². The summed E-state index contributed by atoms with van der Waals surface area (Å²) >= 11 is 0. The second-order valence-electron chi connectivity index (χ2n) is 5.75. The summed E-state index contributed by atoms with van der Waals surface area (Å²) in [5.74, 6) is 0. The van der Waals surface area contributed by atoms with Crippen molar-refractivity contribution in [1.82, 2.24) is 4.90 Å². The van der Waals surface area contributed by atoms with Crippen LogP contribution in [0.4, 0.5) is 0 Å². The monoisotopic (exact) mass is 273 g/mol. The van der Waals surface area contributed by atoms with Crippen LogP contribution in [-0.4, -0.2) is 62.7 Å². The molecule has 1 aliphatic heterocycles. The third kappa shape index (κ3) is 5.03. The molecule has 0 aliphatic carbocycles. The molecule has 0 radical (unpaired) electrons. The van der Waals surface area contributed by atoms with Gasteiger partial charge in [0.15, 0.2) is 0 Å². The van der Waals surface area contributed by atoms with Crippen molar-refractivity contribution in [3.8, 4) is 0 Å². The van der Waals surface area contributed by atoms with Gasteiger partial charge in [0.2, 0.25) is 0 Å². The van der Waals surface area contributed by atoms with E-state index in [2.05, 4.69) is 18.7 Å². The van der Waals surface area contributed by atoms with E-state index < -0.39 is 0 Å². The van der Waals surface area contributed by atoms with Crippen LogP contribution in [-0.2, 0) is 9.47 Å². The molecule has 1 heterocycles. The average molecular weight is 273 g/mol. The second kappa shape index (κ2) is 8.90. The van der Waals surface area contributed by atoms with Crippen molar-refractivity contribution in [2.75, 3.05) is 46.6 Å². The van der Waals surface area contributed by atoms with E-state index in [0.717, 1.165) is 52.0 Å². The number of hydrogen-bond donors (Lipinski definition) is 1. The number of methoxy groups -OCH3 is 1. The largest absolute Gasteiger partial charge is 0.396 e. The highest BCUT2D eigenvalue weighted by atomic mass is 16.5. The van der Waals surface area contributed by atoms with Gasteiger partial charge in [-0.15, -0.1) is 0 Å². The molecule has 4 nitrogen and oxygen atoms in total. The summed E-state index contributed by atoms with van der Waals surface area (Å²) in [6.07, 6.45) is 4.40. The Labute approximate surface area is 118 Å². The zero-order chi connectivity index (χ0) is 14.1. The lowest BCUT2D eigenvalue weighted by Crippen LogP contribution is -2.49. The van der Waals surface area contributed by atoms with Crippen molar-refractivity contribution in [2.45, 2.75) is 45.6 Å². The third-order valence-electron chi connectivity index (χ3n) is 4.32. The van der Waals surface area contributed by atoms with E-state index in [4.69, 9.17) is 9.47 Å². The summed E-state index contributed by atoms with van der Waals surface area (Å²) in [5.41, 5.74) is -0.0748. The number of aliphatic hydroxyl groups is 1. The molecule has 19 heavy (non-hydrogen) atoms. The van der Waals surface area contributed by atoms with Crippen LogP contribution in [0.1, 0.15) is 39.5 Å². The van der Waals surface area contributed by atoms with E-state index >= 15 is 0 Å². The Kier molecular flexibility index (Phi) is 7.91. The Morgan fingerprint density at radius 3 is 2.58 bits per heavy atom. The molecule has 0 bridgehead atoms. The van der Waals surface area contributed by atoms with Gasteiger partial charge >= 0.3 is 0 Å². The molecule has 0 aromatic rings. The fourth-order valence-corrected chi connectivity index (χ4v) is 3.04. The zero-order valence-corrected chi connectivity index (χ0v) is 12.9. The highest BCUT2D eigenvalue weighted by Crippen LogP contribution is 2.30. The quantitative estimate of drug-likeness (QED) is 0.697. The molecule has 0 aromatic heterocycles. The highest BCUT2D eigenvalue weighted by molar-refractivity contribution is 4.86. The van der Waals surface area contributed by atoms with Crippen molar-refractivity contribution in [2.24, 2.45) is 5.41 Å². The second-order valence-corrected chi connectivity index (χ2v) is 5.75. The first-order valence-corrected chi connectivity index (χ1v) is 7.63. The Balaban J connectivity index is 2.67. The van der Waals surface area contributed by atoms with E-state index in [1.165, 1.54) is 0 Å². The van der Waals surface area contributed by atoms with Crippen LogP contribution in [0.25, 0.3) is 0 Å². The van der Waals surface area contributed by atoms with Crippen LogP contribution >= 0.6 is 0 Å². The maximum Gasteiger partial charge on any atom is 0.0589 e. The van der Waals surface area contributed by atoms with Crippen molar-refractivity contribution >= 4 is 0 Å². The highest BCUT2D eigenvalue weighted by Gasteiger charge is 2.35. The van der Waals surface area contributed by atoms with Gasteiger partial charge in [0.25, 0.3) is 0 Å². The van der Waals surface area contributed by atoms with Crippen LogP contribution in [0.3, 0.4) is 0 Å². The van der Waals surface area contributed by atoms with Gasteiger partial charge in [0, 0.05) is 38.3 Å². The summed E-state index contributed by atoms with van der Waals surface area (Å²) in [5, 5.41) is 9.81. The van der Waals surface area contributed by atoms with Gasteiger partial charge in [-0.25, -0.2) is 0 Å². The molecular weight excluding hydrogens is 242 g/mol. The van der Waals surface area contributed by atoms with Crippen molar-refractivity contribution in [3.63, 3.8) is 0 Å². The molecule has 0 saturated carbocycles. The van der Waals surface area contributed by atoms with Crippen LogP contribution in [0.15, 0.2) is 0 Å². The Morgan fingerprint density at radius 2 is 2.11 bits per heavy atom. The smallest absolute Gasteiger partial charge is 0.0589 e. The minimum absolute atomic E-state index is 0.0748. The molecule has 1 atom stereocenters. The van der Waals surface area contributed by atoms with Crippen LogP contribution in [0.5, 0.6) is 0 Å². The van der Waals surface area contributed by atoms with E-state index in [-0.39, 0.29) is 12.0 Å². The first kappa shape index (κ1) is 16.9. The lowest BCUT2D eigenvalue weighted by molar-refractivity contribution is -0.0639. The molecule has 0 aromatic carbocycles. The van der Waals surface area contributed by atoms with Crippen molar-refractivity contribution < 1.29 is 14.6 Å². The first-order chi connectivity index (χ1) is 9.21. The average Bonchev–Trinajstić information content (AvgIpc) is 2.46. The number of nitrogens with zero attached hydrogens (tertiary/aromatic N) is 1. The summed E-state index contributed by atoms with van der Waals surface area (Å²) in [7, 11) is 1.75. The molecule has 0 amide bonds. The third-order valence-corrected chi connectivity index (χ3v) is 4.32. The zero-order valence-electron chi connectivity index (χ0n) is 12.9. The minimum Gasteiger partial charge on any atom is -0.396 e. The summed E-state index contributed by atoms with van der Waals surface area (Å²) < 4.78 is 10.8. The van der Waals surface area contributed by atoms with Crippen LogP contribution in [0.2, 0.25) is 0 Å². The molecule has 4 heteroatoms. The predicted molar refractivity (Wildman–Crippen MR) is 77.4 cm³/mol. The first-order valence-electron chi connectivity index (χ1n) is 7.63. The van der Waals surface area contributed by atoms with Gasteiger partial charge in [-0.2, -0.15) is 0 Å². The fraction of sp³-hybridized carbons (Fsp3) is 1.00. The molecule has 1 aliphatic rings. The lowest BCUT2D eigenvalue weighted by atomic mass is 9.82. The molecule has 1 saturated heterocycles. The Morgan fingerprint density at radius 1 is 1.37 bits per heavy atom. The number of hydrogen-bond acceptors (Lipinski definition) is 4. The van der Waals surface area contributed by atoms with Gasteiger partial charge < -0.3 is 14.6 Å².